The SMILES string of the molecule is CC1C=CC=C(N(CCN2CCOc3c(OCC(=O)O)cccc32)C(=O)c2ccccc2C(F)(F)F)C1. The van der Waals surface area contributed by atoms with Gasteiger partial charge in [0.05, 0.1) is 23.4 Å². The number of carbonyl (C=O) groups is 2. The average molecular weight is 517 g/mol. The lowest BCUT2D eigenvalue weighted by atomic mass is 9.98. The van der Waals surface area contributed by atoms with Gasteiger partial charge in [-0.3, -0.25) is 4.79 Å². The first-order valence-electron chi connectivity index (χ1n) is 11.9. The molecule has 0 saturated heterocycles. The second-order valence-electron chi connectivity index (χ2n) is 8.85. The van der Waals surface area contributed by atoms with Gasteiger partial charge >= 0.3 is 12.1 Å². The van der Waals surface area contributed by atoms with Gasteiger partial charge in [0.15, 0.2) is 18.1 Å². The van der Waals surface area contributed by atoms with Crippen LogP contribution in [0.5, 0.6) is 11.5 Å². The van der Waals surface area contributed by atoms with Crippen molar-refractivity contribution in [3.63, 3.8) is 0 Å². The molecular weight excluding hydrogens is 489 g/mol. The fourth-order valence-corrected chi connectivity index (χ4v) is 4.44. The highest BCUT2D eigenvalue weighted by atomic mass is 19.4. The Kier molecular flexibility index (Phi) is 7.75. The summed E-state index contributed by atoms with van der Waals surface area (Å²) in [6.45, 7) is 2.68. The highest BCUT2D eigenvalue weighted by molar-refractivity contribution is 5.97. The largest absolute Gasteiger partial charge is 0.486 e. The number of hydrogen-bond donors (Lipinski definition) is 1. The van der Waals surface area contributed by atoms with Crippen LogP contribution in [0.15, 0.2) is 66.4 Å². The van der Waals surface area contributed by atoms with Gasteiger partial charge in [0.2, 0.25) is 0 Å². The number of halogens is 3. The van der Waals surface area contributed by atoms with E-state index in [0.29, 0.717) is 43.3 Å². The van der Waals surface area contributed by atoms with Crippen molar-refractivity contribution in [2.24, 2.45) is 5.92 Å². The fraction of sp³-hybridized carbons (Fsp3) is 0.333. The van der Waals surface area contributed by atoms with E-state index in [0.717, 1.165) is 6.07 Å². The third kappa shape index (κ3) is 6.07. The molecule has 37 heavy (non-hydrogen) atoms. The van der Waals surface area contributed by atoms with E-state index >= 15 is 0 Å². The molecule has 1 N–H and O–H groups in total. The minimum absolute atomic E-state index is 0.131. The topological polar surface area (TPSA) is 79.3 Å². The third-order valence-corrected chi connectivity index (χ3v) is 6.17. The Balaban J connectivity index is 1.61. The first kappa shape index (κ1) is 26.1. The number of carbonyl (C=O) groups excluding carboxylic acids is 1. The molecule has 2 aromatic rings. The van der Waals surface area contributed by atoms with Gasteiger partial charge in [0.1, 0.15) is 6.61 Å². The molecule has 0 bridgehead atoms. The Labute approximate surface area is 212 Å². The summed E-state index contributed by atoms with van der Waals surface area (Å²) >= 11 is 0. The van der Waals surface area contributed by atoms with E-state index in [1.54, 1.807) is 24.3 Å². The zero-order valence-corrected chi connectivity index (χ0v) is 20.2. The van der Waals surface area contributed by atoms with Crippen molar-refractivity contribution in [3.05, 3.63) is 77.5 Å². The van der Waals surface area contributed by atoms with Crippen molar-refractivity contribution in [1.82, 2.24) is 4.90 Å². The molecular formula is C27H27F3N2O5. The van der Waals surface area contributed by atoms with Gasteiger partial charge in [-0.05, 0) is 42.7 Å². The van der Waals surface area contributed by atoms with Gasteiger partial charge in [0.25, 0.3) is 5.91 Å². The molecule has 0 saturated carbocycles. The summed E-state index contributed by atoms with van der Waals surface area (Å²) < 4.78 is 52.2. The van der Waals surface area contributed by atoms with Gasteiger partial charge in [0, 0.05) is 18.8 Å². The second-order valence-corrected chi connectivity index (χ2v) is 8.85. The van der Waals surface area contributed by atoms with Crippen LogP contribution in [-0.4, -0.2) is 54.7 Å². The Morgan fingerprint density at radius 2 is 1.97 bits per heavy atom. The number of ether oxygens (including phenoxy) is 2. The number of carboxylic acids is 1. The van der Waals surface area contributed by atoms with E-state index in [-0.39, 0.29) is 18.2 Å². The Morgan fingerprint density at radius 3 is 2.70 bits per heavy atom. The molecule has 0 radical (unpaired) electrons. The summed E-state index contributed by atoms with van der Waals surface area (Å²) in [5.74, 6) is -1.03. The van der Waals surface area contributed by atoms with Gasteiger partial charge in [-0.1, -0.05) is 37.3 Å². The van der Waals surface area contributed by atoms with E-state index in [9.17, 15) is 22.8 Å². The molecule has 2 aliphatic rings. The predicted octanol–water partition coefficient (Wildman–Crippen LogP) is 4.99. The number of anilines is 1. The number of rotatable bonds is 8. The minimum atomic E-state index is -4.67. The molecule has 1 aliphatic heterocycles. The highest BCUT2D eigenvalue weighted by Gasteiger charge is 2.36. The molecule has 0 spiro atoms. The molecule has 4 rings (SSSR count). The van der Waals surface area contributed by atoms with Crippen LogP contribution in [0.2, 0.25) is 0 Å². The normalized spacial score (nSPS) is 16.9. The van der Waals surface area contributed by atoms with Gasteiger partial charge in [-0.15, -0.1) is 0 Å². The van der Waals surface area contributed by atoms with Crippen LogP contribution in [0, 0.1) is 5.92 Å². The quantitative estimate of drug-likeness (QED) is 0.533. The Hall–Kier alpha value is -3.95. The molecule has 1 unspecified atom stereocenters. The number of fused-ring (bicyclic) bond motifs is 1. The summed E-state index contributed by atoms with van der Waals surface area (Å²) in [7, 11) is 0. The summed E-state index contributed by atoms with van der Waals surface area (Å²) in [6.07, 6.45) is 1.41. The van der Waals surface area contributed by atoms with E-state index in [1.807, 2.05) is 24.0 Å². The van der Waals surface area contributed by atoms with E-state index in [2.05, 4.69) is 0 Å². The lowest BCUT2D eigenvalue weighted by molar-refractivity contribution is -0.139. The van der Waals surface area contributed by atoms with Crippen molar-refractivity contribution >= 4 is 17.6 Å². The second kappa shape index (κ2) is 11.0. The lowest BCUT2D eigenvalue weighted by Gasteiger charge is -2.35. The van der Waals surface area contributed by atoms with Gasteiger partial charge in [-0.25, -0.2) is 4.79 Å². The maximum absolute atomic E-state index is 13.7. The van der Waals surface area contributed by atoms with E-state index in [1.165, 1.54) is 23.1 Å². The summed E-state index contributed by atoms with van der Waals surface area (Å²) in [5, 5.41) is 8.94. The van der Waals surface area contributed by atoms with Crippen LogP contribution in [0.1, 0.15) is 29.3 Å². The Bertz CT molecular complexity index is 1220. The van der Waals surface area contributed by atoms with Crippen molar-refractivity contribution < 1.29 is 37.3 Å². The number of allylic oxidation sites excluding steroid dienone is 4. The molecule has 10 heteroatoms. The highest BCUT2D eigenvalue weighted by Crippen LogP contribution is 2.40. The molecule has 1 amide bonds. The van der Waals surface area contributed by atoms with E-state index in [4.69, 9.17) is 14.6 Å². The number of nitrogens with zero attached hydrogens (tertiary/aromatic N) is 2. The van der Waals surface area contributed by atoms with Gasteiger partial charge < -0.3 is 24.4 Å². The Morgan fingerprint density at radius 1 is 1.19 bits per heavy atom. The number of hydrogen-bond acceptors (Lipinski definition) is 5. The monoisotopic (exact) mass is 516 g/mol. The number of aliphatic carboxylic acids is 1. The van der Waals surface area contributed by atoms with Crippen LogP contribution in [-0.2, 0) is 11.0 Å². The van der Waals surface area contributed by atoms with E-state index < -0.39 is 35.8 Å². The number of para-hydroxylation sites is 1. The third-order valence-electron chi connectivity index (χ3n) is 6.17. The number of amides is 1. The molecule has 1 aliphatic carbocycles. The summed E-state index contributed by atoms with van der Waals surface area (Å²) in [6, 6.07) is 9.92. The standard InChI is InChI=1S/C27H27F3N2O5/c1-18-6-4-7-19(16-18)32(26(35)20-8-2-3-9-21(20)27(28,29)30)13-12-31-14-15-36-25-22(31)10-5-11-23(25)37-17-24(33)34/h2-11,18H,12-17H2,1H3,(H,33,34). The summed E-state index contributed by atoms with van der Waals surface area (Å²) in [4.78, 5) is 27.9. The number of benzene rings is 2. The van der Waals surface area contributed by atoms with Crippen molar-refractivity contribution in [1.29, 1.82) is 0 Å². The lowest BCUT2D eigenvalue weighted by Crippen LogP contribution is -2.42. The maximum atomic E-state index is 13.7. The molecule has 196 valence electrons. The molecule has 0 fully saturated rings. The maximum Gasteiger partial charge on any atom is 0.417 e. The van der Waals surface area contributed by atoms with Crippen LogP contribution in [0.25, 0.3) is 0 Å². The van der Waals surface area contributed by atoms with Gasteiger partial charge in [-0.2, -0.15) is 13.2 Å². The average Bonchev–Trinajstić information content (AvgIpc) is 2.87. The van der Waals surface area contributed by atoms with Crippen molar-refractivity contribution in [2.45, 2.75) is 19.5 Å². The predicted molar refractivity (Wildman–Crippen MR) is 131 cm³/mol. The minimum Gasteiger partial charge on any atom is -0.486 e. The first-order chi connectivity index (χ1) is 17.6. The number of carboxylic acid groups (broad SMARTS) is 1. The smallest absolute Gasteiger partial charge is 0.417 e. The fourth-order valence-electron chi connectivity index (χ4n) is 4.44. The zero-order valence-electron chi connectivity index (χ0n) is 20.2. The van der Waals surface area contributed by atoms with Crippen LogP contribution in [0.3, 0.4) is 0 Å². The summed E-state index contributed by atoms with van der Waals surface area (Å²) in [5.41, 5.74) is -0.0705. The van der Waals surface area contributed by atoms with Crippen LogP contribution >= 0.6 is 0 Å². The first-order valence-corrected chi connectivity index (χ1v) is 11.9. The molecule has 1 heterocycles. The van der Waals surface area contributed by atoms with Crippen LogP contribution in [0.4, 0.5) is 18.9 Å². The van der Waals surface area contributed by atoms with Crippen LogP contribution < -0.4 is 14.4 Å². The molecule has 0 aromatic heterocycles. The van der Waals surface area contributed by atoms with Crippen molar-refractivity contribution in [2.75, 3.05) is 37.7 Å². The van der Waals surface area contributed by atoms with Crippen molar-refractivity contribution in [3.8, 4) is 11.5 Å². The molecule has 2 aromatic carbocycles. The number of alkyl halides is 3. The molecule has 7 nitrogen and oxygen atoms in total. The molecule has 1 atom stereocenters. The zero-order chi connectivity index (χ0) is 26.6.